The molecule has 0 N–H and O–H groups in total. The SMILES string of the molecule is COc1ccc(C(C)=O)cc1N1C(=O)[C@@H]2[C@H](C1=O)[C@@]1(c3ccccc3)C(=O)[C@@]2(c2ccccc2)C(c2ccc3c(c2)OCO3)=C1c1ccc2c(c1)OCO2. The maximum atomic E-state index is 16.3. The van der Waals surface area contributed by atoms with Crippen molar-refractivity contribution in [2.24, 2.45) is 11.8 Å². The standard InChI is InChI=1S/C44H31NO9/c1-24(46)25-13-16-31(50-2)30(19-25)45-40(47)38-39(41(45)48)44(29-11-7-4-8-12-29)37(27-15-18-33-35(21-27)54-23-52-33)36(26-14-17-32-34(20-26)53-22-51-32)43(38,42(44)49)28-9-5-3-6-10-28/h3-21,38-39H,22-23H2,1-2H3/t38-,39+,43-,44-/m0/s1. The van der Waals surface area contributed by atoms with Gasteiger partial charge in [0.1, 0.15) is 5.75 Å². The summed E-state index contributed by atoms with van der Waals surface area (Å²) in [6, 6.07) is 34.2. The van der Waals surface area contributed by atoms with E-state index >= 15 is 14.4 Å². The molecule has 0 unspecified atom stereocenters. The molecule has 2 bridgehead atoms. The second-order valence-corrected chi connectivity index (χ2v) is 14.0. The fourth-order valence-electron chi connectivity index (χ4n) is 9.55. The molecule has 1 saturated carbocycles. The van der Waals surface area contributed by atoms with Crippen molar-refractivity contribution >= 4 is 40.2 Å². The first kappa shape index (κ1) is 32.0. The molecule has 5 aliphatic rings. The van der Waals surface area contributed by atoms with Crippen LogP contribution in [0.2, 0.25) is 0 Å². The molecule has 3 heterocycles. The molecule has 0 aromatic heterocycles. The number of hydrogen-bond donors (Lipinski definition) is 0. The molecule has 4 atom stereocenters. The van der Waals surface area contributed by atoms with Gasteiger partial charge in [-0.2, -0.15) is 0 Å². The highest BCUT2D eigenvalue weighted by Crippen LogP contribution is 2.75. The zero-order valence-electron chi connectivity index (χ0n) is 29.2. The highest BCUT2D eigenvalue weighted by molar-refractivity contribution is 6.39. The van der Waals surface area contributed by atoms with Crippen LogP contribution in [0.1, 0.15) is 39.5 Å². The summed E-state index contributed by atoms with van der Waals surface area (Å²) >= 11 is 0. The van der Waals surface area contributed by atoms with Gasteiger partial charge >= 0.3 is 0 Å². The largest absolute Gasteiger partial charge is 0.495 e. The number of methoxy groups -OCH3 is 1. The van der Waals surface area contributed by atoms with E-state index in [1.165, 1.54) is 20.1 Å². The molecule has 2 aliphatic carbocycles. The van der Waals surface area contributed by atoms with Gasteiger partial charge < -0.3 is 23.7 Å². The van der Waals surface area contributed by atoms with Crippen molar-refractivity contribution in [3.8, 4) is 28.7 Å². The van der Waals surface area contributed by atoms with E-state index in [1.54, 1.807) is 24.3 Å². The highest BCUT2D eigenvalue weighted by Gasteiger charge is 2.83. The van der Waals surface area contributed by atoms with Crippen molar-refractivity contribution in [2.45, 2.75) is 17.8 Å². The number of Topliss-reactive ketones (excluding diaryl/α,β-unsaturated/α-hetero) is 2. The predicted molar refractivity (Wildman–Crippen MR) is 196 cm³/mol. The topological polar surface area (TPSA) is 118 Å². The minimum atomic E-state index is -1.67. The highest BCUT2D eigenvalue weighted by atomic mass is 16.7. The quantitative estimate of drug-likeness (QED) is 0.137. The number of allylic oxidation sites excluding steroid dienone is 2. The number of carbonyl (C=O) groups is 4. The van der Waals surface area contributed by atoms with Crippen LogP contribution in [-0.4, -0.2) is 44.1 Å². The third-order valence-corrected chi connectivity index (χ3v) is 11.6. The molecule has 10 rings (SSSR count). The first-order valence-electron chi connectivity index (χ1n) is 17.6. The van der Waals surface area contributed by atoms with Crippen LogP contribution < -0.4 is 28.6 Å². The number of amides is 2. The summed E-state index contributed by atoms with van der Waals surface area (Å²) < 4.78 is 28.8. The van der Waals surface area contributed by atoms with Crippen molar-refractivity contribution < 1.29 is 42.9 Å². The Hall–Kier alpha value is -6.68. The number of rotatable bonds is 7. The molecule has 5 aromatic rings. The van der Waals surface area contributed by atoms with Gasteiger partial charge in [-0.15, -0.1) is 0 Å². The van der Waals surface area contributed by atoms with Crippen molar-refractivity contribution in [3.05, 3.63) is 143 Å². The fourth-order valence-corrected chi connectivity index (χ4v) is 9.55. The molecule has 2 fully saturated rings. The molecule has 3 aliphatic heterocycles. The van der Waals surface area contributed by atoms with Gasteiger partial charge in [-0.3, -0.25) is 19.2 Å². The van der Waals surface area contributed by atoms with E-state index in [0.717, 1.165) is 4.90 Å². The lowest BCUT2D eigenvalue weighted by molar-refractivity contribution is -0.130. The molecule has 10 nitrogen and oxygen atoms in total. The van der Waals surface area contributed by atoms with Gasteiger partial charge in [0, 0.05) is 5.56 Å². The monoisotopic (exact) mass is 717 g/mol. The molecule has 54 heavy (non-hydrogen) atoms. The summed E-state index contributed by atoms with van der Waals surface area (Å²) in [6.07, 6.45) is 0. The average Bonchev–Trinajstić information content (AvgIpc) is 4.01. The number of anilines is 1. The molecule has 5 aromatic carbocycles. The van der Waals surface area contributed by atoms with Crippen LogP contribution in [0.15, 0.2) is 115 Å². The number of ether oxygens (including phenoxy) is 5. The van der Waals surface area contributed by atoms with Gasteiger partial charge in [0.15, 0.2) is 34.6 Å². The zero-order chi connectivity index (χ0) is 36.9. The summed E-state index contributed by atoms with van der Waals surface area (Å²) in [5.41, 5.74) is 0.660. The van der Waals surface area contributed by atoms with Gasteiger partial charge in [-0.25, -0.2) is 4.90 Å². The number of nitrogens with zero attached hydrogens (tertiary/aromatic N) is 1. The van der Waals surface area contributed by atoms with Crippen LogP contribution in [0.3, 0.4) is 0 Å². The normalized spacial score (nSPS) is 24.4. The van der Waals surface area contributed by atoms with E-state index in [-0.39, 0.29) is 36.6 Å². The van der Waals surface area contributed by atoms with Crippen molar-refractivity contribution in [1.29, 1.82) is 0 Å². The van der Waals surface area contributed by atoms with Crippen molar-refractivity contribution in [1.82, 2.24) is 0 Å². The summed E-state index contributed by atoms with van der Waals surface area (Å²) in [7, 11) is 1.44. The van der Waals surface area contributed by atoms with Gasteiger partial charge in [0.25, 0.3) is 0 Å². The van der Waals surface area contributed by atoms with Gasteiger partial charge in [-0.05, 0) is 82.8 Å². The van der Waals surface area contributed by atoms with Gasteiger partial charge in [-0.1, -0.05) is 72.8 Å². The number of carbonyl (C=O) groups excluding carboxylic acids is 4. The van der Waals surface area contributed by atoms with Crippen LogP contribution in [0.4, 0.5) is 5.69 Å². The van der Waals surface area contributed by atoms with E-state index in [0.29, 0.717) is 62.0 Å². The van der Waals surface area contributed by atoms with Crippen LogP contribution in [0, 0.1) is 11.8 Å². The number of fused-ring (bicyclic) bond motifs is 7. The maximum Gasteiger partial charge on any atom is 0.239 e. The summed E-state index contributed by atoms with van der Waals surface area (Å²) in [5, 5.41) is 0. The number of benzene rings is 5. The summed E-state index contributed by atoms with van der Waals surface area (Å²) in [6.45, 7) is 1.50. The Labute approximate surface area is 309 Å². The van der Waals surface area contributed by atoms with Crippen molar-refractivity contribution in [3.63, 3.8) is 0 Å². The average molecular weight is 718 g/mol. The summed E-state index contributed by atoms with van der Waals surface area (Å²) in [4.78, 5) is 61.1. The van der Waals surface area contributed by atoms with E-state index in [4.69, 9.17) is 23.7 Å². The Balaban J connectivity index is 1.35. The Morgan fingerprint density at radius 3 is 1.57 bits per heavy atom. The fraction of sp³-hybridized carbons (Fsp3) is 0.182. The minimum Gasteiger partial charge on any atom is -0.495 e. The van der Waals surface area contributed by atoms with Gasteiger partial charge in [0.05, 0.1) is 35.5 Å². The Morgan fingerprint density at radius 2 is 1.11 bits per heavy atom. The van der Waals surface area contributed by atoms with Crippen LogP contribution in [0.25, 0.3) is 11.1 Å². The molecule has 1 saturated heterocycles. The van der Waals surface area contributed by atoms with Crippen LogP contribution in [0.5, 0.6) is 28.7 Å². The van der Waals surface area contributed by atoms with E-state index < -0.39 is 34.5 Å². The minimum absolute atomic E-state index is 0.0391. The third-order valence-electron chi connectivity index (χ3n) is 11.6. The number of imide groups is 1. The first-order chi connectivity index (χ1) is 26.3. The first-order valence-corrected chi connectivity index (χ1v) is 17.6. The number of ketones is 2. The van der Waals surface area contributed by atoms with Gasteiger partial charge in [0.2, 0.25) is 25.4 Å². The van der Waals surface area contributed by atoms with E-state index in [9.17, 15) is 4.79 Å². The van der Waals surface area contributed by atoms with Crippen molar-refractivity contribution in [2.75, 3.05) is 25.6 Å². The molecule has 10 heteroatoms. The molecular weight excluding hydrogens is 686 g/mol. The zero-order valence-corrected chi connectivity index (χ0v) is 29.2. The smallest absolute Gasteiger partial charge is 0.239 e. The van der Waals surface area contributed by atoms with E-state index in [1.807, 2.05) is 84.9 Å². The lowest BCUT2D eigenvalue weighted by atomic mass is 9.59. The Morgan fingerprint density at radius 1 is 0.630 bits per heavy atom. The number of hydrogen-bond acceptors (Lipinski definition) is 9. The predicted octanol–water partition coefficient (Wildman–Crippen LogP) is 6.54. The summed E-state index contributed by atoms with van der Waals surface area (Å²) in [5.74, 6) is -1.71. The lowest BCUT2D eigenvalue weighted by Crippen LogP contribution is -2.45. The Kier molecular flexibility index (Phi) is 6.76. The van der Waals surface area contributed by atoms with E-state index in [2.05, 4.69) is 0 Å². The molecule has 266 valence electrons. The molecule has 0 spiro atoms. The molecular formula is C44H31NO9. The molecule has 0 radical (unpaired) electrons. The second-order valence-electron chi connectivity index (χ2n) is 14.0. The van der Waals surface area contributed by atoms with Crippen LogP contribution >= 0.6 is 0 Å². The maximum absolute atomic E-state index is 16.3. The lowest BCUT2D eigenvalue weighted by Gasteiger charge is -2.39. The Bertz CT molecular complexity index is 2370. The molecule has 2 amide bonds. The second kappa shape index (κ2) is 11.4. The van der Waals surface area contributed by atoms with Crippen LogP contribution in [-0.2, 0) is 25.2 Å². The third kappa shape index (κ3) is 3.94.